The van der Waals surface area contributed by atoms with Gasteiger partial charge in [-0.25, -0.2) is 0 Å². The van der Waals surface area contributed by atoms with E-state index in [0.717, 1.165) is 11.1 Å². The molecule has 1 aromatic carbocycles. The smallest absolute Gasteiger partial charge is 0.392 e. The summed E-state index contributed by atoms with van der Waals surface area (Å²) in [6, 6.07) is 7.44. The second-order valence-electron chi connectivity index (χ2n) is 6.21. The van der Waals surface area contributed by atoms with E-state index in [1.807, 2.05) is 24.3 Å². The minimum absolute atomic E-state index is 0.00682. The molecule has 1 fully saturated rings. The first-order valence-corrected chi connectivity index (χ1v) is 8.13. The number of aliphatic hydroxyl groups is 1. The average molecular weight is 344 g/mol. The maximum absolute atomic E-state index is 12.5. The summed E-state index contributed by atoms with van der Waals surface area (Å²) in [5, 5.41) is 11.8. The molecule has 1 aliphatic heterocycles. The molecule has 0 bridgehead atoms. The lowest BCUT2D eigenvalue weighted by Crippen LogP contribution is -2.46. The molecule has 1 unspecified atom stereocenters. The Labute approximate surface area is 139 Å². The van der Waals surface area contributed by atoms with Crippen LogP contribution in [-0.4, -0.2) is 48.3 Å². The van der Waals surface area contributed by atoms with Crippen molar-refractivity contribution >= 4 is 5.91 Å². The van der Waals surface area contributed by atoms with Crippen molar-refractivity contribution in [1.29, 1.82) is 0 Å². The fourth-order valence-corrected chi connectivity index (χ4v) is 2.95. The number of aliphatic hydroxyl groups excluding tert-OH is 1. The van der Waals surface area contributed by atoms with Gasteiger partial charge < -0.3 is 10.4 Å². The number of carbonyl (C=O) groups excluding carboxylic acids is 1. The number of nitrogens with zero attached hydrogens (tertiary/aromatic N) is 1. The lowest BCUT2D eigenvalue weighted by molar-refractivity contribution is -0.152. The van der Waals surface area contributed by atoms with Crippen molar-refractivity contribution in [1.82, 2.24) is 10.2 Å². The Morgan fingerprint density at radius 2 is 1.92 bits per heavy atom. The molecular formula is C17H23F3N2O2. The van der Waals surface area contributed by atoms with Crippen LogP contribution in [0.2, 0.25) is 0 Å². The van der Waals surface area contributed by atoms with Crippen LogP contribution in [0.5, 0.6) is 0 Å². The van der Waals surface area contributed by atoms with Crippen molar-refractivity contribution in [3.63, 3.8) is 0 Å². The Hall–Kier alpha value is -1.60. The van der Waals surface area contributed by atoms with Gasteiger partial charge in [-0.15, -0.1) is 0 Å². The molecule has 1 aliphatic rings. The Morgan fingerprint density at radius 3 is 2.54 bits per heavy atom. The van der Waals surface area contributed by atoms with Crippen molar-refractivity contribution in [2.75, 3.05) is 26.2 Å². The molecule has 0 aromatic heterocycles. The molecular weight excluding hydrogens is 321 g/mol. The van der Waals surface area contributed by atoms with Crippen LogP contribution in [0.3, 0.4) is 0 Å². The van der Waals surface area contributed by atoms with Crippen LogP contribution in [-0.2, 0) is 17.8 Å². The van der Waals surface area contributed by atoms with Gasteiger partial charge in [0.25, 0.3) is 0 Å². The summed E-state index contributed by atoms with van der Waals surface area (Å²) in [6.45, 7) is 0.0468. The number of hydrogen-bond acceptors (Lipinski definition) is 3. The molecule has 4 nitrogen and oxygen atoms in total. The van der Waals surface area contributed by atoms with E-state index in [4.69, 9.17) is 5.11 Å². The van der Waals surface area contributed by atoms with Gasteiger partial charge in [0.05, 0.1) is 19.1 Å². The van der Waals surface area contributed by atoms with E-state index in [9.17, 15) is 18.0 Å². The minimum atomic E-state index is -4.22. The fraction of sp³-hybridized carbons (Fsp3) is 0.588. The number of amides is 1. The lowest BCUT2D eigenvalue weighted by Gasteiger charge is -2.32. The highest BCUT2D eigenvalue weighted by Crippen LogP contribution is 2.22. The quantitative estimate of drug-likeness (QED) is 0.831. The molecule has 1 aromatic rings. The summed E-state index contributed by atoms with van der Waals surface area (Å²) in [5.41, 5.74) is 1.87. The summed E-state index contributed by atoms with van der Waals surface area (Å²) in [4.78, 5) is 13.5. The van der Waals surface area contributed by atoms with Crippen LogP contribution >= 0.6 is 0 Å². The number of nitrogens with one attached hydrogen (secondary N) is 1. The van der Waals surface area contributed by atoms with Gasteiger partial charge in [-0.3, -0.25) is 9.69 Å². The van der Waals surface area contributed by atoms with E-state index in [-0.39, 0.29) is 25.0 Å². The highest BCUT2D eigenvalue weighted by Gasteiger charge is 2.34. The number of piperidine rings is 1. The number of carbonyl (C=O) groups is 1. The highest BCUT2D eigenvalue weighted by molar-refractivity contribution is 5.78. The van der Waals surface area contributed by atoms with Gasteiger partial charge in [0.1, 0.15) is 0 Å². The fourth-order valence-electron chi connectivity index (χ4n) is 2.95. The van der Waals surface area contributed by atoms with Gasteiger partial charge in [-0.1, -0.05) is 24.3 Å². The third-order valence-corrected chi connectivity index (χ3v) is 4.20. The number of rotatable bonds is 6. The van der Waals surface area contributed by atoms with Crippen molar-refractivity contribution in [2.45, 2.75) is 32.0 Å². The third kappa shape index (κ3) is 6.13. The number of alkyl halides is 3. The van der Waals surface area contributed by atoms with Crippen molar-refractivity contribution in [2.24, 2.45) is 5.92 Å². The molecule has 1 atom stereocenters. The van der Waals surface area contributed by atoms with Gasteiger partial charge in [0.15, 0.2) is 0 Å². The monoisotopic (exact) mass is 344 g/mol. The molecule has 2 N–H and O–H groups in total. The average Bonchev–Trinajstić information content (AvgIpc) is 2.54. The minimum Gasteiger partial charge on any atom is -0.392 e. The largest absolute Gasteiger partial charge is 0.401 e. The zero-order valence-electron chi connectivity index (χ0n) is 13.5. The van der Waals surface area contributed by atoms with Crippen LogP contribution in [0, 0.1) is 5.92 Å². The molecule has 0 saturated carbocycles. The zero-order chi connectivity index (χ0) is 17.6. The van der Waals surface area contributed by atoms with Gasteiger partial charge in [-0.2, -0.15) is 13.2 Å². The second kappa shape index (κ2) is 8.48. The predicted octanol–water partition coefficient (Wildman–Crippen LogP) is 2.11. The first-order valence-electron chi connectivity index (χ1n) is 8.13. The topological polar surface area (TPSA) is 52.6 Å². The van der Waals surface area contributed by atoms with Crippen molar-refractivity contribution < 1.29 is 23.1 Å². The maximum Gasteiger partial charge on any atom is 0.401 e. The SMILES string of the molecule is O=C(NCCc1ccc(CO)cc1)C1CCCN(CC(F)(F)F)C1. The van der Waals surface area contributed by atoms with Crippen LogP contribution in [0.1, 0.15) is 24.0 Å². The number of benzene rings is 1. The highest BCUT2D eigenvalue weighted by atomic mass is 19.4. The molecule has 1 heterocycles. The van der Waals surface area contributed by atoms with Crippen LogP contribution in [0.25, 0.3) is 0 Å². The molecule has 134 valence electrons. The summed E-state index contributed by atoms with van der Waals surface area (Å²) in [5.74, 6) is -0.549. The van der Waals surface area contributed by atoms with Crippen LogP contribution < -0.4 is 5.32 Å². The maximum atomic E-state index is 12.5. The standard InChI is InChI=1S/C17H23F3N2O2/c18-17(19,20)12-22-9-1-2-15(10-22)16(24)21-8-7-13-3-5-14(11-23)6-4-13/h3-6,15,23H,1-2,7-12H2,(H,21,24). The molecule has 0 spiro atoms. The van der Waals surface area contributed by atoms with E-state index in [1.54, 1.807) is 0 Å². The first kappa shape index (κ1) is 18.7. The summed E-state index contributed by atoms with van der Waals surface area (Å²) in [6.07, 6.45) is -2.34. The normalized spacial score (nSPS) is 19.2. The van der Waals surface area contributed by atoms with E-state index in [0.29, 0.717) is 32.4 Å². The first-order chi connectivity index (χ1) is 11.4. The molecule has 2 rings (SSSR count). The van der Waals surface area contributed by atoms with Gasteiger partial charge in [0.2, 0.25) is 5.91 Å². The lowest BCUT2D eigenvalue weighted by atomic mass is 9.97. The van der Waals surface area contributed by atoms with Gasteiger partial charge >= 0.3 is 6.18 Å². The summed E-state index contributed by atoms with van der Waals surface area (Å²) in [7, 11) is 0. The number of hydrogen-bond donors (Lipinski definition) is 2. The van der Waals surface area contributed by atoms with Gasteiger partial charge in [-0.05, 0) is 36.9 Å². The van der Waals surface area contributed by atoms with E-state index < -0.39 is 12.7 Å². The Kier molecular flexibility index (Phi) is 6.62. The molecule has 0 radical (unpaired) electrons. The third-order valence-electron chi connectivity index (χ3n) is 4.20. The Morgan fingerprint density at radius 1 is 1.25 bits per heavy atom. The molecule has 1 amide bonds. The van der Waals surface area contributed by atoms with E-state index >= 15 is 0 Å². The van der Waals surface area contributed by atoms with Crippen LogP contribution in [0.15, 0.2) is 24.3 Å². The predicted molar refractivity (Wildman–Crippen MR) is 84.3 cm³/mol. The van der Waals surface area contributed by atoms with Crippen molar-refractivity contribution in [3.8, 4) is 0 Å². The van der Waals surface area contributed by atoms with Crippen molar-refractivity contribution in [3.05, 3.63) is 35.4 Å². The zero-order valence-corrected chi connectivity index (χ0v) is 13.5. The molecule has 24 heavy (non-hydrogen) atoms. The molecule has 1 saturated heterocycles. The summed E-state index contributed by atoms with van der Waals surface area (Å²) >= 11 is 0. The number of likely N-dealkylation sites (tertiary alicyclic amines) is 1. The summed E-state index contributed by atoms with van der Waals surface area (Å²) < 4.78 is 37.4. The van der Waals surface area contributed by atoms with E-state index in [1.165, 1.54) is 4.90 Å². The van der Waals surface area contributed by atoms with Crippen LogP contribution in [0.4, 0.5) is 13.2 Å². The number of halogens is 3. The van der Waals surface area contributed by atoms with Gasteiger partial charge in [0, 0.05) is 13.1 Å². The molecule has 7 heteroatoms. The Bertz CT molecular complexity index is 532. The Balaban J connectivity index is 1.75. The molecule has 0 aliphatic carbocycles. The second-order valence-corrected chi connectivity index (χ2v) is 6.21. The van der Waals surface area contributed by atoms with E-state index in [2.05, 4.69) is 5.32 Å².